The van der Waals surface area contributed by atoms with E-state index in [0.717, 1.165) is 83.9 Å². The first kappa shape index (κ1) is 44.5. The first-order valence-corrected chi connectivity index (χ1v) is 22.1. The van der Waals surface area contributed by atoms with Crippen LogP contribution in [-0.2, 0) is 31.3 Å². The van der Waals surface area contributed by atoms with Gasteiger partial charge >= 0.3 is 0 Å². The van der Waals surface area contributed by atoms with Crippen LogP contribution in [0.15, 0.2) is 225 Å². The van der Waals surface area contributed by atoms with Gasteiger partial charge in [0.1, 0.15) is 0 Å². The Labute approximate surface area is 407 Å². The molecule has 0 atom stereocenters. The van der Waals surface area contributed by atoms with Crippen LogP contribution in [0, 0.1) is 25.5 Å². The number of benzene rings is 8. The number of allylic oxidation sites excluding steroid dienone is 2. The zero-order valence-electron chi connectivity index (χ0n) is 36.8. The summed E-state index contributed by atoms with van der Waals surface area (Å²) in [6.07, 6.45) is 10.3. The summed E-state index contributed by atoms with van der Waals surface area (Å²) >= 11 is 0. The van der Waals surface area contributed by atoms with E-state index in [9.17, 15) is 9.90 Å². The normalized spacial score (nSPS) is 13.3. The largest absolute Gasteiger partial charge is 0.512 e. The van der Waals surface area contributed by atoms with Gasteiger partial charge in [0.05, 0.1) is 5.76 Å². The monoisotopic (exact) mass is 1050 g/mol. The molecule has 0 spiro atoms. The molecule has 0 aliphatic carbocycles. The number of anilines is 4. The van der Waals surface area contributed by atoms with E-state index in [1.807, 2.05) is 54.9 Å². The minimum Gasteiger partial charge on any atom is -0.512 e. The quantitative estimate of drug-likeness (QED) is 0.0705. The number of carbonyl (C=O) groups is 1. The topological polar surface area (TPSA) is 50.3 Å². The second-order valence-electron chi connectivity index (χ2n) is 16.4. The average Bonchev–Trinajstić information content (AvgIpc) is 4.08. The van der Waals surface area contributed by atoms with E-state index >= 15 is 0 Å². The Bertz CT molecular complexity index is 2920. The van der Waals surface area contributed by atoms with Crippen LogP contribution in [0.3, 0.4) is 0 Å². The molecule has 0 unspecified atom stereocenters. The molecule has 10 rings (SSSR count). The predicted molar refractivity (Wildman–Crippen MR) is 271 cm³/mol. The number of hydrogen-bond donors (Lipinski definition) is 1. The minimum atomic E-state index is -0.105. The maximum atomic E-state index is 12.8. The fourth-order valence-corrected chi connectivity index (χ4v) is 8.64. The Hall–Kier alpha value is -7.70. The Morgan fingerprint density at radius 3 is 1.31 bits per heavy atom. The third-order valence-electron chi connectivity index (χ3n) is 11.9. The third kappa shape index (κ3) is 9.95. The van der Waals surface area contributed by atoms with Gasteiger partial charge in [-0.3, -0.25) is 4.79 Å². The molecule has 8 aromatic rings. The molecule has 2 aliphatic rings. The number of para-hydroxylation sites is 2. The molecule has 0 bridgehead atoms. The molecule has 331 valence electrons. The molecule has 0 aromatic heterocycles. The fraction of sp³-hybridized carbons (Fsp3) is 0.0500. The number of aryl methyl sites for hydroxylation is 1. The molecule has 7 heteroatoms. The summed E-state index contributed by atoms with van der Waals surface area (Å²) in [6.45, 7) is 5.65. The number of aliphatic hydroxyl groups excluding tert-OH is 1. The van der Waals surface area contributed by atoms with Crippen molar-refractivity contribution in [2.45, 2.75) is 19.8 Å². The molecule has 0 saturated carbocycles. The first-order valence-electron chi connectivity index (χ1n) is 22.1. The van der Waals surface area contributed by atoms with Crippen molar-refractivity contribution in [2.75, 3.05) is 19.6 Å². The van der Waals surface area contributed by atoms with Gasteiger partial charge in [0.25, 0.3) is 0 Å². The van der Waals surface area contributed by atoms with Crippen LogP contribution in [0.2, 0.25) is 0 Å². The summed E-state index contributed by atoms with van der Waals surface area (Å²) in [4.78, 5) is 21.1. The van der Waals surface area contributed by atoms with Gasteiger partial charge in [-0.2, -0.15) is 36.4 Å². The number of aliphatic hydroxyl groups is 1. The molecule has 0 saturated heterocycles. The fourth-order valence-electron chi connectivity index (χ4n) is 8.64. The summed E-state index contributed by atoms with van der Waals surface area (Å²) in [7, 11) is 0. The van der Waals surface area contributed by atoms with Crippen molar-refractivity contribution >= 4 is 28.5 Å². The van der Waals surface area contributed by atoms with Gasteiger partial charge in [0.2, 0.25) is 0 Å². The van der Waals surface area contributed by atoms with Crippen LogP contribution in [0.1, 0.15) is 18.9 Å². The molecule has 1 N–H and O–H groups in total. The van der Waals surface area contributed by atoms with Gasteiger partial charge in [0.15, 0.2) is 5.78 Å². The predicted octanol–water partition coefficient (Wildman–Crippen LogP) is 14.4. The molecule has 0 amide bonds. The van der Waals surface area contributed by atoms with Crippen molar-refractivity contribution in [1.82, 2.24) is 0 Å². The minimum absolute atomic E-state index is 0. The molecule has 6 nitrogen and oxygen atoms in total. The second-order valence-corrected chi connectivity index (χ2v) is 16.4. The summed E-state index contributed by atoms with van der Waals surface area (Å²) in [5.74, 6) is -0.0867. The number of nitrogens with zero attached hydrogens (tertiary/aromatic N) is 4. The molecule has 2 aliphatic heterocycles. The molecular weight excluding hydrogens is 1000 g/mol. The van der Waals surface area contributed by atoms with Crippen LogP contribution in [0.5, 0.6) is 0 Å². The Morgan fingerprint density at radius 1 is 0.493 bits per heavy atom. The second kappa shape index (κ2) is 20.2. The maximum absolute atomic E-state index is 12.8. The van der Waals surface area contributed by atoms with E-state index in [-0.39, 0.29) is 38.1 Å². The number of ketones is 1. The molecule has 1 radical (unpaired) electrons. The molecule has 2 heterocycles. The summed E-state index contributed by atoms with van der Waals surface area (Å²) in [6, 6.07) is 72.7. The van der Waals surface area contributed by atoms with Crippen molar-refractivity contribution in [3.8, 4) is 55.6 Å². The molecule has 0 fully saturated rings. The van der Waals surface area contributed by atoms with Gasteiger partial charge in [-0.05, 0) is 120 Å². The van der Waals surface area contributed by atoms with Gasteiger partial charge in [-0.1, -0.05) is 120 Å². The van der Waals surface area contributed by atoms with Crippen molar-refractivity contribution in [1.29, 1.82) is 0 Å². The van der Waals surface area contributed by atoms with E-state index in [0.29, 0.717) is 6.42 Å². The van der Waals surface area contributed by atoms with Gasteiger partial charge in [0, 0.05) is 44.0 Å². The number of rotatable bonds is 13. The van der Waals surface area contributed by atoms with Crippen molar-refractivity contribution < 1.29 is 30.0 Å². The first-order chi connectivity index (χ1) is 32.4. The zero-order valence-corrected chi connectivity index (χ0v) is 39.2. The van der Waals surface area contributed by atoms with Crippen molar-refractivity contribution in [3.63, 3.8) is 0 Å². The van der Waals surface area contributed by atoms with Crippen molar-refractivity contribution in [2.24, 2.45) is 0 Å². The summed E-state index contributed by atoms with van der Waals surface area (Å²) in [5, 5.41) is 9.78. The van der Waals surface area contributed by atoms with Crippen LogP contribution in [0.4, 0.5) is 22.7 Å². The summed E-state index contributed by atoms with van der Waals surface area (Å²) in [5.41, 5.74) is 15.9. The van der Waals surface area contributed by atoms with Crippen LogP contribution in [0.25, 0.3) is 55.6 Å². The van der Waals surface area contributed by atoms with Crippen LogP contribution >= 0.6 is 0 Å². The molecular formula is C60H46IrN4O2-4. The third-order valence-corrected chi connectivity index (χ3v) is 11.9. The zero-order chi connectivity index (χ0) is 44.8. The average molecular weight is 1050 g/mol. The number of hydrogen-bond acceptors (Lipinski definition) is 6. The van der Waals surface area contributed by atoms with E-state index in [4.69, 9.17) is 0 Å². The van der Waals surface area contributed by atoms with Gasteiger partial charge in [-0.25, -0.2) is 0 Å². The van der Waals surface area contributed by atoms with Crippen LogP contribution < -0.4 is 19.6 Å². The smallest absolute Gasteiger partial charge is 0.159 e. The van der Waals surface area contributed by atoms with Gasteiger partial charge < -0.3 is 24.7 Å². The van der Waals surface area contributed by atoms with Gasteiger partial charge in [-0.15, -0.1) is 48.0 Å². The SMILES string of the molecule is C/C(O)=C/C(=O)CCc1ccccc1-c1cc(-c2ccccc2-c2c[c-]c(N3C=CN(c4ccccc4)[CH-]3)cc2)cc(-c2ccccc2-c2c[c-]c(N3C=CN(c4ccccc4)[CH-]3)cc2)c1.[Ir]. The maximum Gasteiger partial charge on any atom is 0.159 e. The van der Waals surface area contributed by atoms with E-state index < -0.39 is 0 Å². The van der Waals surface area contributed by atoms with E-state index in [1.165, 1.54) is 13.0 Å². The Balaban J connectivity index is 0.00000562. The van der Waals surface area contributed by atoms with Crippen molar-refractivity contribution in [3.05, 3.63) is 256 Å². The molecule has 8 aromatic carbocycles. The summed E-state index contributed by atoms with van der Waals surface area (Å²) < 4.78 is 0. The Morgan fingerprint density at radius 2 is 0.881 bits per heavy atom. The standard InChI is InChI=1S/C60H46N4O2.Ir/c1-44(65)38-55(66)33-28-45-14-8-9-19-56(45)48-39-49(59-22-12-10-20-57(59)46-24-29-53(30-25-46)63-36-34-61(42-63)51-15-4-2-5-16-51)41-50(40-48)60-23-13-11-21-58(60)47-26-31-54(32-27-47)64-37-35-62(43-64)52-17-6-3-7-18-52;/h2-27,29,31,34-43,65H,28,33H2,1H3;/q-4;/b44-38-;. The van der Waals surface area contributed by atoms with Crippen LogP contribution in [-0.4, -0.2) is 10.9 Å². The molecule has 67 heavy (non-hydrogen) atoms. The van der Waals surface area contributed by atoms with E-state index in [1.54, 1.807) is 0 Å². The number of carbonyl (C=O) groups excluding carboxylic acids is 1. The van der Waals surface area contributed by atoms with E-state index in [2.05, 4.69) is 203 Å². The Kier molecular flexibility index (Phi) is 13.4.